The molecule has 5 nitrogen and oxygen atoms in total. The minimum Gasteiger partial charge on any atom is -0.504 e. The number of hydrogen-bond donors (Lipinski definition) is 1. The lowest BCUT2D eigenvalue weighted by Gasteiger charge is -2.16. The van der Waals surface area contributed by atoms with E-state index < -0.39 is 0 Å². The number of phenolic OH excluding ortho intramolecular Hbond substituents is 1. The van der Waals surface area contributed by atoms with Crippen molar-refractivity contribution >= 4 is 50.9 Å². The lowest BCUT2D eigenvalue weighted by atomic mass is 10.1. The van der Waals surface area contributed by atoms with Gasteiger partial charge in [0, 0.05) is 17.1 Å². The third-order valence-corrected chi connectivity index (χ3v) is 4.85. The second kappa shape index (κ2) is 7.47. The van der Waals surface area contributed by atoms with Gasteiger partial charge in [-0.1, -0.05) is 34.1 Å². The second-order valence-corrected chi connectivity index (χ2v) is 6.90. The minimum atomic E-state index is -0.249. The summed E-state index contributed by atoms with van der Waals surface area (Å²) in [6.45, 7) is 2.26. The van der Waals surface area contributed by atoms with Gasteiger partial charge in [0.1, 0.15) is 5.70 Å². The number of likely N-dealkylation sites (N-methyl/N-ethyl adjacent to an activating group) is 1. The molecule has 0 aliphatic carbocycles. The lowest BCUT2D eigenvalue weighted by Crippen LogP contribution is -2.30. The number of nitrogens with zero attached hydrogens (tertiary/aromatic N) is 2. The Morgan fingerprint density at radius 2 is 1.96 bits per heavy atom. The van der Waals surface area contributed by atoms with E-state index >= 15 is 0 Å². The molecule has 0 radical (unpaired) electrons. The molecule has 0 spiro atoms. The van der Waals surface area contributed by atoms with Crippen LogP contribution in [0.5, 0.6) is 11.5 Å². The average Bonchev–Trinajstić information content (AvgIpc) is 2.83. The Balaban J connectivity index is 2.04. The normalized spacial score (nSPS) is 15.9. The van der Waals surface area contributed by atoms with Gasteiger partial charge in [0.2, 0.25) is 0 Å². The van der Waals surface area contributed by atoms with Crippen molar-refractivity contribution in [1.82, 2.24) is 4.90 Å². The summed E-state index contributed by atoms with van der Waals surface area (Å²) in [5.74, 6) is 0.0816. The number of amides is 1. The molecule has 1 heterocycles. The number of thiocarbonyl (C=S) groups is 1. The van der Waals surface area contributed by atoms with Gasteiger partial charge in [-0.2, -0.15) is 0 Å². The number of aromatic hydroxyl groups is 1. The lowest BCUT2D eigenvalue weighted by molar-refractivity contribution is -0.114. The minimum absolute atomic E-state index is 0.0205. The number of para-hydroxylation sites is 1. The quantitative estimate of drug-likeness (QED) is 0.580. The molecule has 3 rings (SSSR count). The highest BCUT2D eigenvalue weighted by Crippen LogP contribution is 2.36. The van der Waals surface area contributed by atoms with Gasteiger partial charge < -0.3 is 14.7 Å². The second-order valence-electron chi connectivity index (χ2n) is 5.62. The Morgan fingerprint density at radius 1 is 1.27 bits per heavy atom. The first kappa shape index (κ1) is 18.4. The van der Waals surface area contributed by atoms with E-state index in [1.807, 2.05) is 37.3 Å². The molecule has 1 fully saturated rings. The molecule has 0 unspecified atom stereocenters. The monoisotopic (exact) mass is 432 g/mol. The van der Waals surface area contributed by atoms with Crippen molar-refractivity contribution in [3.05, 3.63) is 58.2 Å². The molecule has 0 aromatic heterocycles. The van der Waals surface area contributed by atoms with Crippen LogP contribution in [0, 0.1) is 0 Å². The Morgan fingerprint density at radius 3 is 2.62 bits per heavy atom. The number of phenols is 1. The highest BCUT2D eigenvalue weighted by Gasteiger charge is 2.36. The molecule has 1 aliphatic rings. The van der Waals surface area contributed by atoms with Crippen LogP contribution in [0.25, 0.3) is 6.08 Å². The van der Waals surface area contributed by atoms with Crippen molar-refractivity contribution in [3.8, 4) is 11.5 Å². The largest absolute Gasteiger partial charge is 0.504 e. The zero-order chi connectivity index (χ0) is 18.8. The Hall–Kier alpha value is -2.38. The molecule has 2 aromatic carbocycles. The number of carbonyl (C=O) groups excluding carboxylic acids is 1. The number of hydrogen-bond acceptors (Lipinski definition) is 4. The maximum atomic E-state index is 12.9. The van der Waals surface area contributed by atoms with Gasteiger partial charge in [0.15, 0.2) is 16.6 Å². The van der Waals surface area contributed by atoms with Crippen molar-refractivity contribution in [2.75, 3.05) is 18.6 Å². The molecule has 1 amide bonds. The average molecular weight is 433 g/mol. The van der Waals surface area contributed by atoms with Gasteiger partial charge in [0.05, 0.1) is 12.3 Å². The topological polar surface area (TPSA) is 53.0 Å². The van der Waals surface area contributed by atoms with Gasteiger partial charge >= 0.3 is 0 Å². The molecule has 1 aliphatic heterocycles. The van der Waals surface area contributed by atoms with Gasteiger partial charge in [-0.05, 0) is 49.5 Å². The molecule has 1 N–H and O–H groups in total. The molecule has 134 valence electrons. The van der Waals surface area contributed by atoms with Crippen LogP contribution in [-0.4, -0.2) is 34.7 Å². The van der Waals surface area contributed by atoms with Gasteiger partial charge in [-0.25, -0.2) is 0 Å². The number of rotatable bonds is 4. The molecule has 26 heavy (non-hydrogen) atoms. The predicted molar refractivity (Wildman–Crippen MR) is 109 cm³/mol. The van der Waals surface area contributed by atoms with Crippen LogP contribution in [0.1, 0.15) is 12.5 Å². The number of carbonyl (C=O) groups is 1. The van der Waals surface area contributed by atoms with E-state index in [1.165, 1.54) is 4.90 Å². The third-order valence-electron chi connectivity index (χ3n) is 3.94. The van der Waals surface area contributed by atoms with Crippen LogP contribution in [0.4, 0.5) is 5.69 Å². The highest BCUT2D eigenvalue weighted by atomic mass is 79.9. The van der Waals surface area contributed by atoms with Crippen molar-refractivity contribution in [3.63, 3.8) is 0 Å². The summed E-state index contributed by atoms with van der Waals surface area (Å²) in [5.41, 5.74) is 1.54. The zero-order valence-corrected chi connectivity index (χ0v) is 16.7. The number of ether oxygens (including phenoxy) is 1. The van der Waals surface area contributed by atoms with Gasteiger partial charge in [-0.3, -0.25) is 9.69 Å². The predicted octanol–water partition coefficient (Wildman–Crippen LogP) is 4.16. The first-order valence-corrected chi connectivity index (χ1v) is 9.18. The van der Waals surface area contributed by atoms with Gasteiger partial charge in [-0.15, -0.1) is 0 Å². The third kappa shape index (κ3) is 3.32. The summed E-state index contributed by atoms with van der Waals surface area (Å²) in [6, 6.07) is 12.6. The Labute approximate surface area is 165 Å². The summed E-state index contributed by atoms with van der Waals surface area (Å²) >= 11 is 8.84. The van der Waals surface area contributed by atoms with Gasteiger partial charge in [0.25, 0.3) is 5.91 Å². The van der Waals surface area contributed by atoms with E-state index in [9.17, 15) is 9.90 Å². The van der Waals surface area contributed by atoms with E-state index in [-0.39, 0.29) is 11.7 Å². The Kier molecular flexibility index (Phi) is 5.29. The van der Waals surface area contributed by atoms with Crippen LogP contribution in [0.2, 0.25) is 0 Å². The van der Waals surface area contributed by atoms with E-state index in [2.05, 4.69) is 15.9 Å². The first-order valence-electron chi connectivity index (χ1n) is 7.98. The molecular formula is C19H17BrN2O3S. The van der Waals surface area contributed by atoms with Crippen LogP contribution >= 0.6 is 28.1 Å². The molecule has 0 saturated carbocycles. The summed E-state index contributed by atoms with van der Waals surface area (Å²) in [5, 5.41) is 10.8. The van der Waals surface area contributed by atoms with E-state index in [0.717, 1.165) is 4.47 Å². The summed E-state index contributed by atoms with van der Waals surface area (Å²) in [6.07, 6.45) is 1.61. The highest BCUT2D eigenvalue weighted by molar-refractivity contribution is 9.10. The summed E-state index contributed by atoms with van der Waals surface area (Å²) < 4.78 is 6.18. The zero-order valence-electron chi connectivity index (χ0n) is 14.3. The van der Waals surface area contributed by atoms with E-state index in [1.54, 1.807) is 30.2 Å². The van der Waals surface area contributed by atoms with Crippen molar-refractivity contribution in [2.45, 2.75) is 6.92 Å². The molecule has 0 atom stereocenters. The Bertz CT molecular complexity index is 899. The van der Waals surface area contributed by atoms with E-state index in [4.69, 9.17) is 17.0 Å². The molecule has 1 saturated heterocycles. The van der Waals surface area contributed by atoms with E-state index in [0.29, 0.717) is 34.4 Å². The molecule has 0 bridgehead atoms. The fraction of sp³-hybridized carbons (Fsp3) is 0.158. The summed E-state index contributed by atoms with van der Waals surface area (Å²) in [4.78, 5) is 16.0. The smallest absolute Gasteiger partial charge is 0.281 e. The fourth-order valence-corrected chi connectivity index (χ4v) is 3.42. The standard InChI is InChI=1S/C19H17BrN2O3S/c1-3-25-16-11-13(20)9-12(17(16)23)10-15-18(24)22(19(26)21(15)2)14-7-5-4-6-8-14/h4-11,23H,3H2,1-2H3/b15-10-. The number of halogens is 1. The first-order chi connectivity index (χ1) is 12.4. The van der Waals surface area contributed by atoms with Crippen molar-refractivity contribution in [1.29, 1.82) is 0 Å². The molecular weight excluding hydrogens is 416 g/mol. The molecule has 2 aromatic rings. The van der Waals surface area contributed by atoms with Crippen LogP contribution < -0.4 is 9.64 Å². The maximum absolute atomic E-state index is 12.9. The maximum Gasteiger partial charge on any atom is 0.281 e. The van der Waals surface area contributed by atoms with Crippen molar-refractivity contribution in [2.24, 2.45) is 0 Å². The molecule has 7 heteroatoms. The van der Waals surface area contributed by atoms with Crippen LogP contribution in [0.3, 0.4) is 0 Å². The fourth-order valence-electron chi connectivity index (χ4n) is 2.68. The number of anilines is 1. The summed E-state index contributed by atoms with van der Waals surface area (Å²) in [7, 11) is 1.73. The SMILES string of the molecule is CCOc1cc(Br)cc(/C=C2/C(=O)N(c3ccccc3)C(=S)N2C)c1O. The van der Waals surface area contributed by atoms with Crippen LogP contribution in [-0.2, 0) is 4.79 Å². The number of benzene rings is 2. The van der Waals surface area contributed by atoms with Crippen molar-refractivity contribution < 1.29 is 14.6 Å². The van der Waals surface area contributed by atoms with Crippen LogP contribution in [0.15, 0.2) is 52.6 Å².